The summed E-state index contributed by atoms with van der Waals surface area (Å²) in [5, 5.41) is 12.9. The number of carbonyl (C=O) groups is 2. The molecule has 1 aliphatic heterocycles. The van der Waals surface area contributed by atoms with E-state index in [9.17, 15) is 9.59 Å². The van der Waals surface area contributed by atoms with Crippen molar-refractivity contribution in [1.82, 2.24) is 14.8 Å². The van der Waals surface area contributed by atoms with Gasteiger partial charge in [-0.1, -0.05) is 24.3 Å². The molecule has 0 spiro atoms. The summed E-state index contributed by atoms with van der Waals surface area (Å²) >= 11 is 0. The second-order valence-corrected chi connectivity index (χ2v) is 7.43. The lowest BCUT2D eigenvalue weighted by Crippen LogP contribution is -2.50. The molecule has 0 atom stereocenters. The largest absolute Gasteiger partial charge is 0.361 e. The summed E-state index contributed by atoms with van der Waals surface area (Å²) in [6, 6.07) is 16.9. The van der Waals surface area contributed by atoms with E-state index in [0.29, 0.717) is 43.9 Å². The van der Waals surface area contributed by atoms with Crippen molar-refractivity contribution >= 4 is 28.4 Å². The third-order valence-electron chi connectivity index (χ3n) is 5.38. The highest BCUT2D eigenvalue weighted by molar-refractivity contribution is 5.92. The Balaban J connectivity index is 1.26. The molecule has 1 saturated heterocycles. The third-order valence-corrected chi connectivity index (χ3v) is 5.38. The molecule has 0 bridgehead atoms. The molecule has 2 heterocycles. The summed E-state index contributed by atoms with van der Waals surface area (Å²) < 4.78 is 0. The summed E-state index contributed by atoms with van der Waals surface area (Å²) in [5.74, 6) is -0.0131. The number of hydrogen-bond acceptors (Lipinski definition) is 4. The summed E-state index contributed by atoms with van der Waals surface area (Å²) in [6.45, 7) is 2.80. The van der Waals surface area contributed by atoms with E-state index in [1.807, 2.05) is 40.3 Å². The average molecular weight is 401 g/mol. The molecule has 2 aromatic carbocycles. The van der Waals surface area contributed by atoms with Crippen molar-refractivity contribution in [2.24, 2.45) is 0 Å². The van der Waals surface area contributed by atoms with Crippen molar-refractivity contribution in [2.45, 2.75) is 6.42 Å². The normalized spacial score (nSPS) is 14.4. The molecule has 0 aliphatic carbocycles. The third kappa shape index (κ3) is 4.50. The van der Waals surface area contributed by atoms with E-state index in [0.717, 1.165) is 16.5 Å². The van der Waals surface area contributed by atoms with Crippen LogP contribution in [0.1, 0.15) is 11.1 Å². The number of amides is 2. The van der Waals surface area contributed by atoms with Crippen molar-refractivity contribution in [3.05, 3.63) is 65.9 Å². The molecule has 0 radical (unpaired) electrons. The van der Waals surface area contributed by atoms with Gasteiger partial charge in [0.2, 0.25) is 11.8 Å². The number of H-pyrrole nitrogens is 1. The van der Waals surface area contributed by atoms with Crippen LogP contribution < -0.4 is 5.32 Å². The number of anilines is 1. The topological polar surface area (TPSA) is 92.2 Å². The summed E-state index contributed by atoms with van der Waals surface area (Å²) in [4.78, 5) is 32.2. The van der Waals surface area contributed by atoms with Crippen LogP contribution in [-0.2, 0) is 16.0 Å². The highest BCUT2D eigenvalue weighted by atomic mass is 16.2. The molecule has 1 aliphatic rings. The SMILES string of the molecule is N#Cc1cccc(NC(=O)CN2CCN(C(=O)Cc3c[nH]c4ccccc34)CC2)c1. The first kappa shape index (κ1) is 19.7. The van der Waals surface area contributed by atoms with Crippen LogP contribution in [0.3, 0.4) is 0 Å². The first-order valence-corrected chi connectivity index (χ1v) is 9.97. The number of piperazine rings is 1. The molecule has 1 fully saturated rings. The van der Waals surface area contributed by atoms with Crippen LogP contribution in [0.25, 0.3) is 10.9 Å². The Labute approximate surface area is 174 Å². The Kier molecular flexibility index (Phi) is 5.77. The van der Waals surface area contributed by atoms with Crippen LogP contribution in [0.2, 0.25) is 0 Å². The Hall–Kier alpha value is -3.63. The smallest absolute Gasteiger partial charge is 0.238 e. The van der Waals surface area contributed by atoms with Crippen LogP contribution in [0, 0.1) is 11.3 Å². The molecule has 2 amide bonds. The minimum Gasteiger partial charge on any atom is -0.361 e. The average Bonchev–Trinajstić information content (AvgIpc) is 3.17. The van der Waals surface area contributed by atoms with Gasteiger partial charge in [0.05, 0.1) is 24.6 Å². The number of nitriles is 1. The number of benzene rings is 2. The van der Waals surface area contributed by atoms with Gasteiger partial charge in [0, 0.05) is 49.0 Å². The van der Waals surface area contributed by atoms with Crippen LogP contribution in [-0.4, -0.2) is 59.3 Å². The van der Waals surface area contributed by atoms with Gasteiger partial charge in [0.25, 0.3) is 0 Å². The fourth-order valence-corrected chi connectivity index (χ4v) is 3.78. The number of nitrogens with one attached hydrogen (secondary N) is 2. The minimum absolute atomic E-state index is 0.108. The van der Waals surface area contributed by atoms with E-state index in [4.69, 9.17) is 5.26 Å². The zero-order valence-corrected chi connectivity index (χ0v) is 16.6. The fourth-order valence-electron chi connectivity index (χ4n) is 3.78. The summed E-state index contributed by atoms with van der Waals surface area (Å²) in [7, 11) is 0. The standard InChI is InChI=1S/C23H23N5O2/c24-14-17-4-3-5-19(12-17)26-22(29)16-27-8-10-28(11-9-27)23(30)13-18-15-25-21-7-2-1-6-20(18)21/h1-7,12,15,25H,8-11,13,16H2,(H,26,29). The van der Waals surface area contributed by atoms with Crippen LogP contribution >= 0.6 is 0 Å². The van der Waals surface area contributed by atoms with Gasteiger partial charge in [-0.05, 0) is 29.8 Å². The summed E-state index contributed by atoms with van der Waals surface area (Å²) in [6.07, 6.45) is 2.28. The van der Waals surface area contributed by atoms with E-state index in [-0.39, 0.29) is 18.4 Å². The number of para-hydroxylation sites is 1. The van der Waals surface area contributed by atoms with Crippen LogP contribution in [0.5, 0.6) is 0 Å². The van der Waals surface area contributed by atoms with Crippen LogP contribution in [0.15, 0.2) is 54.7 Å². The molecule has 7 nitrogen and oxygen atoms in total. The van der Waals surface area contributed by atoms with Gasteiger partial charge < -0.3 is 15.2 Å². The molecule has 30 heavy (non-hydrogen) atoms. The van der Waals surface area contributed by atoms with Crippen molar-refractivity contribution in [3.63, 3.8) is 0 Å². The van der Waals surface area contributed by atoms with E-state index >= 15 is 0 Å². The molecule has 3 aromatic rings. The van der Waals surface area contributed by atoms with Gasteiger partial charge in [-0.15, -0.1) is 0 Å². The van der Waals surface area contributed by atoms with Crippen molar-refractivity contribution in [1.29, 1.82) is 5.26 Å². The first-order valence-electron chi connectivity index (χ1n) is 9.97. The van der Waals surface area contributed by atoms with E-state index in [1.165, 1.54) is 0 Å². The lowest BCUT2D eigenvalue weighted by Gasteiger charge is -2.34. The maximum absolute atomic E-state index is 12.7. The van der Waals surface area contributed by atoms with E-state index in [1.54, 1.807) is 24.3 Å². The van der Waals surface area contributed by atoms with Gasteiger partial charge in [-0.3, -0.25) is 14.5 Å². The molecule has 4 rings (SSSR count). The van der Waals surface area contributed by atoms with Gasteiger partial charge in [-0.25, -0.2) is 0 Å². The van der Waals surface area contributed by atoms with E-state index in [2.05, 4.69) is 16.4 Å². The Morgan fingerprint density at radius 3 is 2.67 bits per heavy atom. The maximum Gasteiger partial charge on any atom is 0.238 e. The van der Waals surface area contributed by atoms with Crippen LogP contribution in [0.4, 0.5) is 5.69 Å². The lowest BCUT2D eigenvalue weighted by molar-refractivity contribution is -0.132. The monoisotopic (exact) mass is 401 g/mol. The number of rotatable bonds is 5. The highest BCUT2D eigenvalue weighted by Gasteiger charge is 2.23. The van der Waals surface area contributed by atoms with Gasteiger partial charge in [-0.2, -0.15) is 5.26 Å². The molecule has 7 heteroatoms. The van der Waals surface area contributed by atoms with Crippen molar-refractivity contribution in [3.8, 4) is 6.07 Å². The molecule has 2 N–H and O–H groups in total. The quantitative estimate of drug-likeness (QED) is 0.687. The predicted octanol–water partition coefficient (Wildman–Crippen LogP) is 2.36. The number of hydrogen-bond donors (Lipinski definition) is 2. The van der Waals surface area contributed by atoms with E-state index < -0.39 is 0 Å². The maximum atomic E-state index is 12.7. The molecule has 1 aromatic heterocycles. The number of fused-ring (bicyclic) bond motifs is 1. The fraction of sp³-hybridized carbons (Fsp3) is 0.261. The minimum atomic E-state index is -0.122. The molecule has 152 valence electrons. The zero-order chi connectivity index (χ0) is 20.9. The summed E-state index contributed by atoms with van der Waals surface area (Å²) in [5.41, 5.74) is 3.18. The number of aromatic nitrogens is 1. The Morgan fingerprint density at radius 2 is 1.87 bits per heavy atom. The number of aromatic amines is 1. The van der Waals surface area contributed by atoms with Crippen molar-refractivity contribution in [2.75, 3.05) is 38.0 Å². The lowest BCUT2D eigenvalue weighted by atomic mass is 10.1. The number of nitrogens with zero attached hydrogens (tertiary/aromatic N) is 3. The zero-order valence-electron chi connectivity index (χ0n) is 16.6. The molecular formula is C23H23N5O2. The van der Waals surface area contributed by atoms with Crippen molar-refractivity contribution < 1.29 is 9.59 Å². The second-order valence-electron chi connectivity index (χ2n) is 7.43. The van der Waals surface area contributed by atoms with Gasteiger partial charge in [0.1, 0.15) is 0 Å². The number of carbonyl (C=O) groups excluding carboxylic acids is 2. The molecule has 0 saturated carbocycles. The Morgan fingerprint density at radius 1 is 1.07 bits per heavy atom. The van der Waals surface area contributed by atoms with Gasteiger partial charge in [0.15, 0.2) is 0 Å². The first-order chi connectivity index (χ1) is 14.6. The Bertz CT molecular complexity index is 1110. The predicted molar refractivity (Wildman–Crippen MR) is 115 cm³/mol. The highest BCUT2D eigenvalue weighted by Crippen LogP contribution is 2.19. The molecular weight excluding hydrogens is 378 g/mol. The molecule has 0 unspecified atom stereocenters. The van der Waals surface area contributed by atoms with Gasteiger partial charge >= 0.3 is 0 Å². The second kappa shape index (κ2) is 8.80.